The van der Waals surface area contributed by atoms with Gasteiger partial charge < -0.3 is 0 Å². The second kappa shape index (κ2) is 21.1. The van der Waals surface area contributed by atoms with E-state index >= 15 is 0 Å². The van der Waals surface area contributed by atoms with Crippen molar-refractivity contribution in [2.24, 2.45) is 0 Å². The summed E-state index contributed by atoms with van der Waals surface area (Å²) in [6.07, 6.45) is 28.8. The summed E-state index contributed by atoms with van der Waals surface area (Å²) in [6.45, 7) is 6.53. The number of hydroxylamine groups is 2. The lowest BCUT2D eigenvalue weighted by Gasteiger charge is -2.21. The van der Waals surface area contributed by atoms with Gasteiger partial charge in [0.1, 0.15) is 0 Å². The molecule has 2 N–H and O–H groups in total. The van der Waals surface area contributed by atoms with Gasteiger partial charge in [0, 0.05) is 57.8 Å². The molecule has 0 bridgehead atoms. The van der Waals surface area contributed by atoms with Crippen LogP contribution in [-0.4, -0.2) is 57.7 Å². The van der Waals surface area contributed by atoms with E-state index in [1.54, 1.807) is 19.4 Å². The van der Waals surface area contributed by atoms with Gasteiger partial charge in [-0.25, -0.2) is 20.5 Å². The number of amides is 2. The summed E-state index contributed by atoms with van der Waals surface area (Å²) in [5.74, 6) is 2.79. The number of nitrogens with one attached hydrogen (secondary N) is 1. The smallest absolute Gasteiger partial charge is 0.245 e. The third kappa shape index (κ3) is 14.4. The van der Waals surface area contributed by atoms with Gasteiger partial charge in [0.15, 0.2) is 0 Å². The Labute approximate surface area is 240 Å². The van der Waals surface area contributed by atoms with Crippen molar-refractivity contribution in [1.29, 1.82) is 0 Å². The van der Waals surface area contributed by atoms with Crippen molar-refractivity contribution >= 4 is 17.8 Å². The van der Waals surface area contributed by atoms with Gasteiger partial charge in [0.25, 0.3) is 0 Å². The molecule has 0 saturated carbocycles. The van der Waals surface area contributed by atoms with Crippen LogP contribution in [0, 0.1) is 12.3 Å². The summed E-state index contributed by atoms with van der Waals surface area (Å²) in [6, 6.07) is 0. The predicted molar refractivity (Wildman–Crippen MR) is 161 cm³/mol. The molecule has 0 aliphatic carbocycles. The number of hydrogen-bond acceptors (Lipinski definition) is 7. The number of carbonyl (C=O) groups excluding carboxylic acids is 2. The molecule has 0 aromatic carbocycles. The quantitative estimate of drug-likeness (QED) is 0.0565. The number of aromatic nitrogens is 2. The molecule has 0 spiro atoms. The van der Waals surface area contributed by atoms with Crippen LogP contribution in [0.5, 0.6) is 0 Å². The molecule has 0 atom stereocenters. The van der Waals surface area contributed by atoms with Crippen LogP contribution in [0.25, 0.3) is 0 Å². The zero-order valence-electron chi connectivity index (χ0n) is 24.4. The molecule has 40 heavy (non-hydrogen) atoms. The summed E-state index contributed by atoms with van der Waals surface area (Å²) in [7, 11) is 3.06. The van der Waals surface area contributed by atoms with Gasteiger partial charge in [0.05, 0.1) is 6.42 Å². The lowest BCUT2D eigenvalue weighted by molar-refractivity contribution is -0.159. The van der Waals surface area contributed by atoms with Gasteiger partial charge in [-0.2, -0.15) is 0 Å². The molecule has 218 valence electrons. The molecule has 0 radical (unpaired) electrons. The van der Waals surface area contributed by atoms with Gasteiger partial charge in [-0.15, -0.1) is 18.9 Å². The van der Waals surface area contributed by atoms with E-state index in [4.69, 9.17) is 11.6 Å². The van der Waals surface area contributed by atoms with Crippen molar-refractivity contribution in [3.8, 4) is 12.3 Å². The maximum atomic E-state index is 12.7. The Morgan fingerprint density at radius 1 is 1.07 bits per heavy atom. The van der Waals surface area contributed by atoms with Crippen LogP contribution in [0.3, 0.4) is 0 Å². The standard InChI is InChI=1S/C31H46N6O3/c1-6-9-11-16-20-28(8-3)37(23-19-12-10-7-2)31-32-25-27(26-33-31)24-30(39)35(4)34-22-18-15-13-14-17-21-29(38)36(5)40/h1,7,11,16,19-20,23,25-26,34,40H,2,8-10,12-15,17-18,21-22,24H2,3-5H3/b16-11-,23-19+,28-20+. The number of unbranched alkanes of at least 4 members (excludes halogenated alkanes) is 5. The fraction of sp³-hybridized carbons (Fsp3) is 0.484. The van der Waals surface area contributed by atoms with Gasteiger partial charge in [0.2, 0.25) is 17.8 Å². The number of terminal acetylenes is 1. The normalized spacial score (nSPS) is 11.5. The molecule has 1 rings (SSSR count). The van der Waals surface area contributed by atoms with Crippen LogP contribution >= 0.6 is 0 Å². The summed E-state index contributed by atoms with van der Waals surface area (Å²) in [5, 5.41) is 11.2. The van der Waals surface area contributed by atoms with Crippen molar-refractivity contribution in [2.45, 2.75) is 77.6 Å². The Balaban J connectivity index is 2.62. The second-order valence-electron chi connectivity index (χ2n) is 9.33. The van der Waals surface area contributed by atoms with Gasteiger partial charge in [-0.1, -0.05) is 50.5 Å². The van der Waals surface area contributed by atoms with Crippen molar-refractivity contribution in [2.75, 3.05) is 25.5 Å². The molecular weight excluding hydrogens is 504 g/mol. The zero-order valence-corrected chi connectivity index (χ0v) is 24.4. The lowest BCUT2D eigenvalue weighted by atomic mass is 10.1. The molecule has 2 amide bonds. The van der Waals surface area contributed by atoms with E-state index in [0.29, 0.717) is 30.4 Å². The number of rotatable bonds is 20. The van der Waals surface area contributed by atoms with Gasteiger partial charge in [-0.05, 0) is 43.7 Å². The van der Waals surface area contributed by atoms with Gasteiger partial charge >= 0.3 is 0 Å². The van der Waals surface area contributed by atoms with E-state index in [1.165, 1.54) is 12.1 Å². The van der Waals surface area contributed by atoms with Crippen LogP contribution in [-0.2, 0) is 16.0 Å². The van der Waals surface area contributed by atoms with Crippen LogP contribution in [0.2, 0.25) is 0 Å². The second-order valence-corrected chi connectivity index (χ2v) is 9.33. The first-order valence-electron chi connectivity index (χ1n) is 14.0. The van der Waals surface area contributed by atoms with Crippen LogP contribution < -0.4 is 10.3 Å². The third-order valence-corrected chi connectivity index (χ3v) is 6.04. The highest BCUT2D eigenvalue weighted by Crippen LogP contribution is 2.18. The molecule has 1 aromatic heterocycles. The molecule has 1 heterocycles. The van der Waals surface area contributed by atoms with Crippen molar-refractivity contribution in [1.82, 2.24) is 25.5 Å². The Morgan fingerprint density at radius 2 is 1.77 bits per heavy atom. The maximum Gasteiger partial charge on any atom is 0.245 e. The summed E-state index contributed by atoms with van der Waals surface area (Å²) >= 11 is 0. The SMILES string of the molecule is C#CC/C=C\C=C(/CC)N(/C=C/CCC=C)c1ncc(CC(=O)N(C)NCCCCCCCC(=O)N(C)O)cn1. The van der Waals surface area contributed by atoms with E-state index < -0.39 is 0 Å². The maximum absolute atomic E-state index is 12.7. The fourth-order valence-corrected chi connectivity index (χ4v) is 3.65. The van der Waals surface area contributed by atoms with Crippen LogP contribution in [0.1, 0.15) is 76.7 Å². The largest absolute Gasteiger partial charge is 0.290 e. The van der Waals surface area contributed by atoms with E-state index in [-0.39, 0.29) is 18.2 Å². The number of carbonyl (C=O) groups is 2. The van der Waals surface area contributed by atoms with Gasteiger partial charge in [-0.3, -0.25) is 24.7 Å². The number of allylic oxidation sites excluding steroid dienone is 6. The van der Waals surface area contributed by atoms with Crippen LogP contribution in [0.15, 0.2) is 61.2 Å². The Morgan fingerprint density at radius 3 is 2.42 bits per heavy atom. The molecule has 0 unspecified atom stereocenters. The molecule has 0 fully saturated rings. The molecule has 0 saturated heterocycles. The topological polar surface area (TPSA) is 102 Å². The molecule has 9 nitrogen and oxygen atoms in total. The zero-order chi connectivity index (χ0) is 29.6. The summed E-state index contributed by atoms with van der Waals surface area (Å²) in [5.41, 5.74) is 4.89. The Hall–Kier alpha value is -3.74. The third-order valence-electron chi connectivity index (χ3n) is 6.04. The molecule has 0 aliphatic heterocycles. The highest BCUT2D eigenvalue weighted by Gasteiger charge is 2.13. The molecule has 1 aromatic rings. The number of likely N-dealkylation sites (N-methyl/N-ethyl adjacent to an activating group) is 1. The first kappa shape index (κ1) is 34.3. The first-order valence-corrected chi connectivity index (χ1v) is 14.0. The van der Waals surface area contributed by atoms with Crippen molar-refractivity contribution < 1.29 is 14.8 Å². The van der Waals surface area contributed by atoms with Crippen molar-refractivity contribution in [3.05, 3.63) is 66.8 Å². The molecular formula is C31H46N6O3. The van der Waals surface area contributed by atoms with E-state index in [9.17, 15) is 9.59 Å². The Kier molecular flexibility index (Phi) is 18.1. The first-order chi connectivity index (χ1) is 19.3. The number of anilines is 1. The Bertz CT molecular complexity index is 1020. The number of hydrazine groups is 1. The lowest BCUT2D eigenvalue weighted by Crippen LogP contribution is -2.40. The minimum atomic E-state index is -0.262. The number of nitrogens with zero attached hydrogens (tertiary/aromatic N) is 5. The summed E-state index contributed by atoms with van der Waals surface area (Å²) < 4.78 is 0. The van der Waals surface area contributed by atoms with E-state index in [0.717, 1.165) is 62.6 Å². The fourth-order valence-electron chi connectivity index (χ4n) is 3.65. The molecule has 9 heteroatoms. The average Bonchev–Trinajstić information content (AvgIpc) is 2.95. The monoisotopic (exact) mass is 550 g/mol. The average molecular weight is 551 g/mol. The highest BCUT2D eigenvalue weighted by molar-refractivity contribution is 5.77. The number of hydrogen-bond donors (Lipinski definition) is 2. The minimum absolute atomic E-state index is 0.0723. The van der Waals surface area contributed by atoms with Crippen LogP contribution in [0.4, 0.5) is 5.95 Å². The van der Waals surface area contributed by atoms with E-state index in [2.05, 4.69) is 40.9 Å². The minimum Gasteiger partial charge on any atom is -0.290 e. The summed E-state index contributed by atoms with van der Waals surface area (Å²) in [4.78, 5) is 35.1. The highest BCUT2D eigenvalue weighted by atomic mass is 16.5. The van der Waals surface area contributed by atoms with E-state index in [1.807, 2.05) is 35.4 Å². The van der Waals surface area contributed by atoms with Crippen molar-refractivity contribution in [3.63, 3.8) is 0 Å². The predicted octanol–water partition coefficient (Wildman–Crippen LogP) is 5.33. The molecule has 0 aliphatic rings.